The van der Waals surface area contributed by atoms with Gasteiger partial charge in [-0.3, -0.25) is 0 Å². The lowest BCUT2D eigenvalue weighted by molar-refractivity contribution is 0.0435. The molecule has 30 heavy (non-hydrogen) atoms. The normalized spacial score (nSPS) is 12.6. The van der Waals surface area contributed by atoms with Crippen molar-refractivity contribution in [3.05, 3.63) is 84.9 Å². The largest absolute Gasteiger partial charge is 0.491 e. The minimum atomic E-state index is -1.92. The summed E-state index contributed by atoms with van der Waals surface area (Å²) in [6.45, 7) is 6.82. The fraction of sp³-hybridized carbons (Fsp3) is 0.250. The second kappa shape index (κ2) is 10.1. The molecule has 3 rings (SSSR count). The summed E-state index contributed by atoms with van der Waals surface area (Å²) in [7, 11) is -3.44. The van der Waals surface area contributed by atoms with Gasteiger partial charge in [-0.1, -0.05) is 93.6 Å². The molecule has 0 saturated heterocycles. The van der Waals surface area contributed by atoms with Crippen molar-refractivity contribution in [2.24, 2.45) is 5.41 Å². The summed E-state index contributed by atoms with van der Waals surface area (Å²) in [4.78, 5) is 0. The summed E-state index contributed by atoms with van der Waals surface area (Å²) < 4.78 is 12.8. The summed E-state index contributed by atoms with van der Waals surface area (Å²) in [5.74, 6) is 0.594. The predicted octanol–water partition coefficient (Wildman–Crippen LogP) is 1.71. The molecule has 0 bridgehead atoms. The van der Waals surface area contributed by atoms with Crippen LogP contribution in [0.1, 0.15) is 20.8 Å². The van der Waals surface area contributed by atoms with Crippen molar-refractivity contribution in [2.45, 2.75) is 26.9 Å². The number of hydrogen-bond donors (Lipinski definition) is 2. The molecule has 3 aromatic rings. The highest BCUT2D eigenvalue weighted by molar-refractivity contribution is 6.80. The van der Waals surface area contributed by atoms with E-state index in [1.165, 1.54) is 10.4 Å². The molecule has 0 saturated carbocycles. The molecular weight excluding hydrogens is 391 g/mol. The van der Waals surface area contributed by atoms with E-state index in [2.05, 4.69) is 69.3 Å². The van der Waals surface area contributed by atoms with E-state index in [9.17, 15) is 10.0 Å². The Kier molecular flexibility index (Phi) is 7.50. The zero-order chi connectivity index (χ0) is 21.6. The van der Waals surface area contributed by atoms with Crippen LogP contribution in [0.4, 0.5) is 0 Å². The van der Waals surface area contributed by atoms with Gasteiger partial charge in [-0.2, -0.15) is 0 Å². The summed E-state index contributed by atoms with van der Waals surface area (Å²) >= 11 is 0. The molecule has 0 radical (unpaired) electrons. The van der Waals surface area contributed by atoms with E-state index in [0.717, 1.165) is 0 Å². The van der Waals surface area contributed by atoms with Gasteiger partial charge in [0.1, 0.15) is 12.4 Å². The molecule has 1 unspecified atom stereocenters. The standard InChI is InChI=1S/C24H29BO4Si/c1-24(2,3)23(18-28-20-12-10-11-19(17-20)25(26)27)29-30(21-13-6-4-7-14-21)22-15-8-5-9-16-22/h4-17,23,26-27,30H,18H2,1-3H3. The first-order valence-electron chi connectivity index (χ1n) is 10.2. The lowest BCUT2D eigenvalue weighted by Gasteiger charge is -2.34. The summed E-state index contributed by atoms with van der Waals surface area (Å²) in [5.41, 5.74) is 0.268. The van der Waals surface area contributed by atoms with Crippen molar-refractivity contribution in [2.75, 3.05) is 6.61 Å². The Labute approximate surface area is 181 Å². The fourth-order valence-corrected chi connectivity index (χ4v) is 5.86. The lowest BCUT2D eigenvalue weighted by atomic mass is 9.80. The molecule has 0 aromatic heterocycles. The van der Waals surface area contributed by atoms with Gasteiger partial charge in [0.05, 0.1) is 6.10 Å². The van der Waals surface area contributed by atoms with E-state index >= 15 is 0 Å². The van der Waals surface area contributed by atoms with Crippen molar-refractivity contribution in [1.29, 1.82) is 0 Å². The van der Waals surface area contributed by atoms with Crippen molar-refractivity contribution >= 4 is 32.0 Å². The molecule has 4 nitrogen and oxygen atoms in total. The first-order chi connectivity index (χ1) is 14.3. The SMILES string of the molecule is CC(C)(C)C(COc1cccc(B(O)O)c1)O[SiH](c1ccccc1)c1ccccc1. The average molecular weight is 420 g/mol. The minimum absolute atomic E-state index is 0.136. The van der Waals surface area contributed by atoms with Gasteiger partial charge in [-0.25, -0.2) is 0 Å². The second-order valence-electron chi connectivity index (χ2n) is 8.45. The minimum Gasteiger partial charge on any atom is -0.491 e. The van der Waals surface area contributed by atoms with Crippen molar-refractivity contribution in [1.82, 2.24) is 0 Å². The van der Waals surface area contributed by atoms with Gasteiger partial charge < -0.3 is 19.2 Å². The van der Waals surface area contributed by atoms with E-state index in [0.29, 0.717) is 17.8 Å². The quantitative estimate of drug-likeness (QED) is 0.545. The molecule has 0 amide bonds. The molecule has 0 aliphatic carbocycles. The Balaban J connectivity index is 1.83. The molecular formula is C24H29BO4Si. The third-order valence-electron chi connectivity index (χ3n) is 5.03. The van der Waals surface area contributed by atoms with Crippen molar-refractivity contribution in [3.63, 3.8) is 0 Å². The molecule has 156 valence electrons. The molecule has 0 aliphatic heterocycles. The van der Waals surface area contributed by atoms with Crippen LogP contribution in [-0.2, 0) is 4.43 Å². The van der Waals surface area contributed by atoms with Gasteiger partial charge in [0.2, 0.25) is 9.04 Å². The van der Waals surface area contributed by atoms with Crippen LogP contribution in [0.15, 0.2) is 84.9 Å². The Morgan fingerprint density at radius 1 is 0.833 bits per heavy atom. The van der Waals surface area contributed by atoms with E-state index in [-0.39, 0.29) is 11.5 Å². The molecule has 1 atom stereocenters. The van der Waals surface area contributed by atoms with Crippen LogP contribution in [-0.4, -0.2) is 38.9 Å². The maximum atomic E-state index is 9.41. The third-order valence-corrected chi connectivity index (χ3v) is 7.61. The van der Waals surface area contributed by atoms with Crippen LogP contribution in [0.25, 0.3) is 0 Å². The number of rotatable bonds is 8. The van der Waals surface area contributed by atoms with Crippen LogP contribution in [0.2, 0.25) is 0 Å². The van der Waals surface area contributed by atoms with Crippen molar-refractivity contribution < 1.29 is 19.2 Å². The molecule has 0 spiro atoms. The van der Waals surface area contributed by atoms with E-state index in [1.54, 1.807) is 18.2 Å². The zero-order valence-corrected chi connectivity index (χ0v) is 18.9. The Bertz CT molecular complexity index is 874. The van der Waals surface area contributed by atoms with Crippen LogP contribution >= 0.6 is 0 Å². The monoisotopic (exact) mass is 420 g/mol. The highest BCUT2D eigenvalue weighted by atomic mass is 28.3. The first-order valence-corrected chi connectivity index (χ1v) is 11.8. The lowest BCUT2D eigenvalue weighted by Crippen LogP contribution is -2.51. The second-order valence-corrected chi connectivity index (χ2v) is 10.8. The van der Waals surface area contributed by atoms with Crippen LogP contribution in [0, 0.1) is 5.41 Å². The Morgan fingerprint density at radius 3 is 1.90 bits per heavy atom. The molecule has 0 aliphatic rings. The van der Waals surface area contributed by atoms with Gasteiger partial charge in [0.25, 0.3) is 0 Å². The fourth-order valence-electron chi connectivity index (χ4n) is 3.20. The molecule has 0 heterocycles. The molecule has 3 aromatic carbocycles. The number of benzene rings is 3. The van der Waals surface area contributed by atoms with Gasteiger partial charge >= 0.3 is 7.12 Å². The van der Waals surface area contributed by atoms with Gasteiger partial charge in [-0.05, 0) is 33.4 Å². The van der Waals surface area contributed by atoms with Crippen molar-refractivity contribution in [3.8, 4) is 5.75 Å². The van der Waals surface area contributed by atoms with E-state index < -0.39 is 16.2 Å². The maximum Gasteiger partial charge on any atom is 0.488 e. The zero-order valence-electron chi connectivity index (χ0n) is 17.7. The van der Waals surface area contributed by atoms with E-state index in [4.69, 9.17) is 9.16 Å². The third kappa shape index (κ3) is 6.06. The summed E-state index contributed by atoms with van der Waals surface area (Å²) in [5, 5.41) is 21.3. The van der Waals surface area contributed by atoms with Crippen LogP contribution in [0.3, 0.4) is 0 Å². The summed E-state index contributed by atoms with van der Waals surface area (Å²) in [6.07, 6.45) is -0.141. The van der Waals surface area contributed by atoms with Crippen LogP contribution in [0.5, 0.6) is 5.75 Å². The number of ether oxygens (including phenoxy) is 1. The smallest absolute Gasteiger partial charge is 0.488 e. The molecule has 2 N–H and O–H groups in total. The van der Waals surface area contributed by atoms with Crippen LogP contribution < -0.4 is 20.6 Å². The predicted molar refractivity (Wildman–Crippen MR) is 125 cm³/mol. The Hall–Kier alpha value is -2.38. The van der Waals surface area contributed by atoms with Gasteiger partial charge in [0, 0.05) is 0 Å². The molecule has 6 heteroatoms. The molecule has 0 fully saturated rings. The highest BCUT2D eigenvalue weighted by Gasteiger charge is 2.31. The average Bonchev–Trinajstić information content (AvgIpc) is 2.74. The highest BCUT2D eigenvalue weighted by Crippen LogP contribution is 2.24. The maximum absolute atomic E-state index is 9.41. The summed E-state index contributed by atoms with van der Waals surface area (Å²) in [6, 6.07) is 27.7. The number of hydrogen-bond acceptors (Lipinski definition) is 4. The Morgan fingerprint density at radius 2 is 1.40 bits per heavy atom. The van der Waals surface area contributed by atoms with Gasteiger partial charge in [0.15, 0.2) is 0 Å². The van der Waals surface area contributed by atoms with E-state index in [1.807, 2.05) is 18.2 Å². The topological polar surface area (TPSA) is 58.9 Å². The first kappa shape index (κ1) is 22.3. The van der Waals surface area contributed by atoms with Gasteiger partial charge in [-0.15, -0.1) is 0 Å².